The first kappa shape index (κ1) is 21.2. The zero-order chi connectivity index (χ0) is 18.3. The fourth-order valence-electron chi connectivity index (χ4n) is 4.63. The van der Waals surface area contributed by atoms with Crippen LogP contribution in [0.15, 0.2) is 0 Å². The Labute approximate surface area is 155 Å². The van der Waals surface area contributed by atoms with Gasteiger partial charge < -0.3 is 10.4 Å². The van der Waals surface area contributed by atoms with Crippen molar-refractivity contribution in [3.63, 3.8) is 0 Å². The van der Waals surface area contributed by atoms with Gasteiger partial charge >= 0.3 is 0 Å². The van der Waals surface area contributed by atoms with Gasteiger partial charge in [-0.15, -0.1) is 0 Å². The Balaban J connectivity index is 2.00. The van der Waals surface area contributed by atoms with E-state index in [0.717, 1.165) is 83.5 Å². The van der Waals surface area contributed by atoms with Crippen molar-refractivity contribution in [3.8, 4) is 0 Å². The Morgan fingerprint density at radius 1 is 0.920 bits per heavy atom. The molecular formula is C20H39NO3S. The van der Waals surface area contributed by atoms with Crippen LogP contribution in [0.25, 0.3) is 0 Å². The highest BCUT2D eigenvalue weighted by atomic mass is 32.2. The average molecular weight is 374 g/mol. The molecule has 0 amide bonds. The van der Waals surface area contributed by atoms with Crippen LogP contribution in [0.5, 0.6) is 0 Å². The van der Waals surface area contributed by atoms with Gasteiger partial charge in [0, 0.05) is 12.1 Å². The number of unbranched alkanes of at least 4 members (excludes halogenated alkanes) is 4. The molecular weight excluding hydrogens is 334 g/mol. The van der Waals surface area contributed by atoms with Crippen molar-refractivity contribution < 1.29 is 13.5 Å². The van der Waals surface area contributed by atoms with Crippen molar-refractivity contribution in [2.45, 2.75) is 126 Å². The van der Waals surface area contributed by atoms with Crippen LogP contribution in [0.1, 0.15) is 97.3 Å². The summed E-state index contributed by atoms with van der Waals surface area (Å²) in [4.78, 5) is 0. The molecule has 1 saturated heterocycles. The summed E-state index contributed by atoms with van der Waals surface area (Å²) < 4.78 is 26.2. The second-order valence-corrected chi connectivity index (χ2v) is 10.7. The molecule has 5 heteroatoms. The number of sulfone groups is 1. The van der Waals surface area contributed by atoms with Gasteiger partial charge in [-0.1, -0.05) is 52.4 Å². The first-order valence-corrected chi connectivity index (χ1v) is 12.3. The Hall–Kier alpha value is -0.130. The van der Waals surface area contributed by atoms with Gasteiger partial charge in [-0.2, -0.15) is 0 Å². The smallest absolute Gasteiger partial charge is 0.157 e. The molecule has 3 unspecified atom stereocenters. The Kier molecular flexibility index (Phi) is 8.70. The molecule has 2 aliphatic rings. The fraction of sp³-hybridized carbons (Fsp3) is 1.00. The van der Waals surface area contributed by atoms with Crippen LogP contribution in [0, 0.1) is 0 Å². The molecule has 0 bridgehead atoms. The minimum atomic E-state index is -3.01. The van der Waals surface area contributed by atoms with Crippen molar-refractivity contribution in [2.75, 3.05) is 0 Å². The highest BCUT2D eigenvalue weighted by molar-refractivity contribution is 7.93. The van der Waals surface area contributed by atoms with E-state index in [9.17, 15) is 13.5 Å². The van der Waals surface area contributed by atoms with Crippen LogP contribution < -0.4 is 5.32 Å². The van der Waals surface area contributed by atoms with Gasteiger partial charge in [0.25, 0.3) is 0 Å². The number of aliphatic hydroxyl groups excluding tert-OH is 1. The summed E-state index contributed by atoms with van der Waals surface area (Å²) >= 11 is 0. The van der Waals surface area contributed by atoms with Gasteiger partial charge in [0.2, 0.25) is 0 Å². The van der Waals surface area contributed by atoms with Gasteiger partial charge in [-0.05, 0) is 44.9 Å². The first-order valence-electron chi connectivity index (χ1n) is 10.7. The lowest BCUT2D eigenvalue weighted by Crippen LogP contribution is -2.46. The van der Waals surface area contributed by atoms with E-state index in [4.69, 9.17) is 0 Å². The van der Waals surface area contributed by atoms with E-state index in [2.05, 4.69) is 19.2 Å². The van der Waals surface area contributed by atoms with Gasteiger partial charge in [-0.3, -0.25) is 0 Å². The number of hydrogen-bond acceptors (Lipinski definition) is 4. The second-order valence-electron chi connectivity index (χ2n) is 8.26. The summed E-state index contributed by atoms with van der Waals surface area (Å²) in [5.74, 6) is 0. The van der Waals surface area contributed by atoms with Crippen molar-refractivity contribution in [3.05, 3.63) is 0 Å². The predicted octanol–water partition coefficient (Wildman–Crippen LogP) is 3.96. The molecule has 2 rings (SSSR count). The lowest BCUT2D eigenvalue weighted by molar-refractivity contribution is 0.113. The molecule has 1 heterocycles. The maximum atomic E-state index is 13.1. The highest BCUT2D eigenvalue weighted by Crippen LogP contribution is 2.35. The van der Waals surface area contributed by atoms with E-state index in [0.29, 0.717) is 6.04 Å². The third-order valence-corrected chi connectivity index (χ3v) is 8.99. The molecule has 0 aromatic rings. The van der Waals surface area contributed by atoms with E-state index in [-0.39, 0.29) is 22.6 Å². The molecule has 0 aromatic carbocycles. The molecule has 148 valence electrons. The average Bonchev–Trinajstić information content (AvgIpc) is 2.81. The van der Waals surface area contributed by atoms with Crippen LogP contribution in [0.4, 0.5) is 0 Å². The zero-order valence-corrected chi connectivity index (χ0v) is 17.1. The Morgan fingerprint density at radius 3 is 2.12 bits per heavy atom. The lowest BCUT2D eigenvalue weighted by Gasteiger charge is -2.30. The molecule has 1 aliphatic heterocycles. The second kappa shape index (κ2) is 10.3. The van der Waals surface area contributed by atoms with E-state index in [1.165, 1.54) is 0 Å². The summed E-state index contributed by atoms with van der Waals surface area (Å²) in [5, 5.41) is 13.1. The standard InChI is InChI=1S/C20H39NO3S/c1-3-5-7-9-18-15-19(21-16-11-13-17(22)14-12-16)20(25(18,23)24)10-8-6-4-2/h16-22H,3-15H2,1-2H3. The van der Waals surface area contributed by atoms with Crippen molar-refractivity contribution in [2.24, 2.45) is 0 Å². The monoisotopic (exact) mass is 373 g/mol. The van der Waals surface area contributed by atoms with Gasteiger partial charge in [0.1, 0.15) is 0 Å². The fourth-order valence-corrected chi connectivity index (χ4v) is 7.24. The molecule has 2 N–H and O–H groups in total. The van der Waals surface area contributed by atoms with E-state index in [1.807, 2.05) is 0 Å². The predicted molar refractivity (Wildman–Crippen MR) is 105 cm³/mol. The third kappa shape index (κ3) is 5.93. The van der Waals surface area contributed by atoms with Crippen LogP contribution in [0.2, 0.25) is 0 Å². The van der Waals surface area contributed by atoms with Crippen molar-refractivity contribution in [1.29, 1.82) is 0 Å². The minimum Gasteiger partial charge on any atom is -0.393 e. The van der Waals surface area contributed by atoms with Gasteiger partial charge in [0.05, 0.1) is 16.6 Å². The summed E-state index contributed by atoms with van der Waals surface area (Å²) in [6, 6.07) is 0.500. The van der Waals surface area contributed by atoms with Crippen molar-refractivity contribution >= 4 is 9.84 Å². The normalized spacial score (nSPS) is 35.1. The molecule has 2 fully saturated rings. The molecule has 4 nitrogen and oxygen atoms in total. The number of aliphatic hydroxyl groups is 1. The van der Waals surface area contributed by atoms with Crippen LogP contribution in [-0.4, -0.2) is 42.2 Å². The van der Waals surface area contributed by atoms with E-state index in [1.54, 1.807) is 0 Å². The summed E-state index contributed by atoms with van der Waals surface area (Å²) in [5.41, 5.74) is 0. The number of hydrogen-bond donors (Lipinski definition) is 2. The summed E-state index contributed by atoms with van der Waals surface area (Å²) in [6.07, 6.45) is 12.5. The number of rotatable bonds is 10. The molecule has 25 heavy (non-hydrogen) atoms. The van der Waals surface area contributed by atoms with E-state index >= 15 is 0 Å². The third-order valence-electron chi connectivity index (χ3n) is 6.22. The molecule has 0 spiro atoms. The Morgan fingerprint density at radius 2 is 1.52 bits per heavy atom. The molecule has 3 atom stereocenters. The Bertz CT molecular complexity index is 471. The topological polar surface area (TPSA) is 66.4 Å². The van der Waals surface area contributed by atoms with E-state index < -0.39 is 9.84 Å². The molecule has 1 saturated carbocycles. The lowest BCUT2D eigenvalue weighted by atomic mass is 9.91. The summed E-state index contributed by atoms with van der Waals surface area (Å²) in [7, 11) is -3.01. The first-order chi connectivity index (χ1) is 12.0. The highest BCUT2D eigenvalue weighted by Gasteiger charge is 2.47. The molecule has 0 aromatic heterocycles. The van der Waals surface area contributed by atoms with Crippen LogP contribution >= 0.6 is 0 Å². The number of nitrogens with one attached hydrogen (secondary N) is 1. The zero-order valence-electron chi connectivity index (χ0n) is 16.3. The maximum Gasteiger partial charge on any atom is 0.157 e. The van der Waals surface area contributed by atoms with Gasteiger partial charge in [0.15, 0.2) is 9.84 Å². The SMILES string of the molecule is CCCCCC1CC(NC2CCC(O)CC2)C(CCCCC)S1(=O)=O. The minimum absolute atomic E-state index is 0.119. The van der Waals surface area contributed by atoms with Crippen LogP contribution in [-0.2, 0) is 9.84 Å². The van der Waals surface area contributed by atoms with Crippen molar-refractivity contribution in [1.82, 2.24) is 5.32 Å². The summed E-state index contributed by atoms with van der Waals surface area (Å²) in [6.45, 7) is 4.33. The maximum absolute atomic E-state index is 13.1. The molecule has 1 aliphatic carbocycles. The largest absolute Gasteiger partial charge is 0.393 e. The molecule has 0 radical (unpaired) electrons. The van der Waals surface area contributed by atoms with Gasteiger partial charge in [-0.25, -0.2) is 8.42 Å². The van der Waals surface area contributed by atoms with Crippen LogP contribution in [0.3, 0.4) is 0 Å². The quantitative estimate of drug-likeness (QED) is 0.569.